The lowest BCUT2D eigenvalue weighted by molar-refractivity contribution is 0.625. The average molecular weight is 339 g/mol. The van der Waals surface area contributed by atoms with Gasteiger partial charge in [0.05, 0.1) is 6.54 Å². The van der Waals surface area contributed by atoms with Crippen molar-refractivity contribution < 1.29 is 4.39 Å². The van der Waals surface area contributed by atoms with Gasteiger partial charge in [0.25, 0.3) is 5.56 Å². The maximum absolute atomic E-state index is 13.0. The number of benzene rings is 2. The molecule has 0 amide bonds. The number of nitrogens with zero attached hydrogens (tertiary/aromatic N) is 1. The average Bonchev–Trinajstić information content (AvgIpc) is 2.60. The van der Waals surface area contributed by atoms with Gasteiger partial charge in [0.2, 0.25) is 0 Å². The fourth-order valence-corrected chi connectivity index (χ4v) is 2.58. The Bertz CT molecular complexity index is 931. The summed E-state index contributed by atoms with van der Waals surface area (Å²) >= 11 is 0. The van der Waals surface area contributed by atoms with Gasteiger partial charge in [-0.05, 0) is 30.2 Å². The molecule has 1 heterocycles. The Morgan fingerprint density at radius 2 is 1.76 bits per heavy atom. The van der Waals surface area contributed by atoms with Gasteiger partial charge in [0, 0.05) is 12.1 Å². The molecule has 0 radical (unpaired) electrons. The topological polar surface area (TPSA) is 66.9 Å². The maximum atomic E-state index is 13.0. The second kappa shape index (κ2) is 7.17. The summed E-state index contributed by atoms with van der Waals surface area (Å²) in [5.41, 5.74) is 0.779. The zero-order chi connectivity index (χ0) is 17.8. The number of rotatable bonds is 5. The van der Waals surface area contributed by atoms with Crippen molar-refractivity contribution in [1.82, 2.24) is 9.55 Å². The molecule has 0 spiro atoms. The van der Waals surface area contributed by atoms with Crippen LogP contribution in [0, 0.1) is 5.82 Å². The van der Waals surface area contributed by atoms with Gasteiger partial charge in [-0.2, -0.15) is 0 Å². The predicted octanol–water partition coefficient (Wildman–Crippen LogP) is 2.90. The van der Waals surface area contributed by atoms with Crippen LogP contribution in [0.1, 0.15) is 24.1 Å². The van der Waals surface area contributed by atoms with E-state index in [1.54, 1.807) is 12.1 Å². The zero-order valence-corrected chi connectivity index (χ0v) is 13.7. The lowest BCUT2D eigenvalue weighted by atomic mass is 10.1. The van der Waals surface area contributed by atoms with E-state index in [1.165, 1.54) is 18.2 Å². The van der Waals surface area contributed by atoms with Crippen molar-refractivity contribution in [2.24, 2.45) is 0 Å². The third-order valence-corrected chi connectivity index (χ3v) is 3.95. The number of aromatic amines is 1. The van der Waals surface area contributed by atoms with Crippen molar-refractivity contribution in [2.45, 2.75) is 19.5 Å². The van der Waals surface area contributed by atoms with Crippen LogP contribution in [0.5, 0.6) is 0 Å². The summed E-state index contributed by atoms with van der Waals surface area (Å²) in [6, 6.07) is 16.7. The number of halogens is 1. The summed E-state index contributed by atoms with van der Waals surface area (Å²) < 4.78 is 14.0. The van der Waals surface area contributed by atoms with Gasteiger partial charge in [0.15, 0.2) is 0 Å². The third kappa shape index (κ3) is 4.03. The molecule has 25 heavy (non-hydrogen) atoms. The first-order chi connectivity index (χ1) is 12.0. The second-order valence-electron chi connectivity index (χ2n) is 5.82. The van der Waals surface area contributed by atoms with E-state index in [0.717, 1.165) is 10.1 Å². The molecule has 1 atom stereocenters. The van der Waals surface area contributed by atoms with Crippen LogP contribution in [-0.4, -0.2) is 9.55 Å². The first kappa shape index (κ1) is 16.7. The molecule has 128 valence electrons. The molecule has 0 saturated heterocycles. The molecule has 0 aliphatic heterocycles. The maximum Gasteiger partial charge on any atom is 0.330 e. The van der Waals surface area contributed by atoms with E-state index < -0.39 is 11.2 Å². The lowest BCUT2D eigenvalue weighted by Gasteiger charge is -2.15. The molecule has 2 aromatic carbocycles. The highest BCUT2D eigenvalue weighted by Crippen LogP contribution is 2.15. The molecule has 5 nitrogen and oxygen atoms in total. The number of anilines is 1. The second-order valence-corrected chi connectivity index (χ2v) is 5.82. The van der Waals surface area contributed by atoms with Gasteiger partial charge in [0.1, 0.15) is 11.6 Å². The molecule has 6 heteroatoms. The number of H-pyrrole nitrogens is 1. The van der Waals surface area contributed by atoms with Crippen LogP contribution in [0.4, 0.5) is 10.2 Å². The van der Waals surface area contributed by atoms with Crippen molar-refractivity contribution in [3.8, 4) is 0 Å². The monoisotopic (exact) mass is 339 g/mol. The van der Waals surface area contributed by atoms with Crippen molar-refractivity contribution >= 4 is 5.82 Å². The minimum atomic E-state index is -0.514. The first-order valence-corrected chi connectivity index (χ1v) is 7.93. The molecule has 2 N–H and O–H groups in total. The molecule has 0 aliphatic carbocycles. The van der Waals surface area contributed by atoms with E-state index in [9.17, 15) is 14.0 Å². The first-order valence-electron chi connectivity index (χ1n) is 7.93. The Morgan fingerprint density at radius 1 is 1.08 bits per heavy atom. The molecule has 0 aliphatic rings. The largest absolute Gasteiger partial charge is 0.365 e. The lowest BCUT2D eigenvalue weighted by Crippen LogP contribution is -2.35. The van der Waals surface area contributed by atoms with E-state index in [1.807, 2.05) is 37.3 Å². The Morgan fingerprint density at radius 3 is 2.40 bits per heavy atom. The van der Waals surface area contributed by atoms with Crippen LogP contribution >= 0.6 is 0 Å². The Labute approximate surface area is 143 Å². The van der Waals surface area contributed by atoms with Gasteiger partial charge < -0.3 is 5.32 Å². The van der Waals surface area contributed by atoms with Crippen molar-refractivity contribution in [3.05, 3.63) is 98.4 Å². The van der Waals surface area contributed by atoms with Crippen molar-refractivity contribution in [1.29, 1.82) is 0 Å². The van der Waals surface area contributed by atoms with E-state index in [-0.39, 0.29) is 18.4 Å². The third-order valence-electron chi connectivity index (χ3n) is 3.95. The van der Waals surface area contributed by atoms with Crippen LogP contribution in [0.25, 0.3) is 0 Å². The smallest absolute Gasteiger partial charge is 0.330 e. The Balaban J connectivity index is 1.81. The van der Waals surface area contributed by atoms with Crippen molar-refractivity contribution in [2.75, 3.05) is 5.32 Å². The molecular formula is C19H18FN3O2. The number of aromatic nitrogens is 2. The summed E-state index contributed by atoms with van der Waals surface area (Å²) in [5, 5.41) is 3.12. The van der Waals surface area contributed by atoms with Crippen molar-refractivity contribution in [3.63, 3.8) is 0 Å². The van der Waals surface area contributed by atoms with Gasteiger partial charge in [-0.1, -0.05) is 42.5 Å². The highest BCUT2D eigenvalue weighted by atomic mass is 19.1. The quantitative estimate of drug-likeness (QED) is 0.751. The normalized spacial score (nSPS) is 11.9. The van der Waals surface area contributed by atoms with Crippen LogP contribution in [0.15, 0.2) is 70.3 Å². The molecule has 0 bridgehead atoms. The fraction of sp³-hybridized carbons (Fsp3) is 0.158. The Kier molecular flexibility index (Phi) is 4.79. The van der Waals surface area contributed by atoms with E-state index >= 15 is 0 Å². The predicted molar refractivity (Wildman–Crippen MR) is 95.3 cm³/mol. The molecule has 0 saturated carbocycles. The summed E-state index contributed by atoms with van der Waals surface area (Å²) in [7, 11) is 0. The SMILES string of the molecule is C[C@H](Nc1cc(=O)n(Cc2ccc(F)cc2)c(=O)[nH]1)c1ccccc1. The minimum absolute atomic E-state index is 0.0656. The van der Waals surface area contributed by atoms with Crippen LogP contribution < -0.4 is 16.6 Å². The van der Waals surface area contributed by atoms with E-state index in [2.05, 4.69) is 10.3 Å². The van der Waals surface area contributed by atoms with Crippen LogP contribution in [-0.2, 0) is 6.54 Å². The van der Waals surface area contributed by atoms with Crippen LogP contribution in [0.3, 0.4) is 0 Å². The number of hydrogen-bond acceptors (Lipinski definition) is 3. The highest BCUT2D eigenvalue weighted by molar-refractivity contribution is 5.36. The summed E-state index contributed by atoms with van der Waals surface area (Å²) in [6.07, 6.45) is 0. The molecular weight excluding hydrogens is 321 g/mol. The van der Waals surface area contributed by atoms with Crippen LogP contribution in [0.2, 0.25) is 0 Å². The summed E-state index contributed by atoms with van der Waals surface area (Å²) in [6.45, 7) is 2.03. The summed E-state index contributed by atoms with van der Waals surface area (Å²) in [4.78, 5) is 27.2. The van der Waals surface area contributed by atoms with Gasteiger partial charge >= 0.3 is 5.69 Å². The molecule has 3 rings (SSSR count). The number of nitrogens with one attached hydrogen (secondary N) is 2. The van der Waals surface area contributed by atoms with E-state index in [4.69, 9.17) is 0 Å². The highest BCUT2D eigenvalue weighted by Gasteiger charge is 2.09. The number of hydrogen-bond donors (Lipinski definition) is 2. The summed E-state index contributed by atoms with van der Waals surface area (Å²) in [5.74, 6) is 0.00108. The van der Waals surface area contributed by atoms with Gasteiger partial charge in [-0.25, -0.2) is 9.18 Å². The molecule has 3 aromatic rings. The molecule has 0 unspecified atom stereocenters. The Hall–Kier alpha value is -3.15. The van der Waals surface area contributed by atoms with Gasteiger partial charge in [-0.3, -0.25) is 14.3 Å². The standard InChI is InChI=1S/C19H18FN3O2/c1-13(15-5-3-2-4-6-15)21-17-11-18(24)23(19(25)22-17)12-14-7-9-16(20)10-8-14/h2-11,13,21H,12H2,1H3,(H,22,25)/t13-/m0/s1. The minimum Gasteiger partial charge on any atom is -0.365 e. The van der Waals surface area contributed by atoms with Gasteiger partial charge in [-0.15, -0.1) is 0 Å². The molecule has 0 fully saturated rings. The molecule has 1 aromatic heterocycles. The van der Waals surface area contributed by atoms with E-state index in [0.29, 0.717) is 11.4 Å². The fourth-order valence-electron chi connectivity index (χ4n) is 2.58. The zero-order valence-electron chi connectivity index (χ0n) is 13.7.